The Bertz CT molecular complexity index is 274. The van der Waals surface area contributed by atoms with Gasteiger partial charge in [0.25, 0.3) is 0 Å². The Balaban J connectivity index is 2.29. The summed E-state index contributed by atoms with van der Waals surface area (Å²) in [5.74, 6) is -0.340. The lowest BCUT2D eigenvalue weighted by Crippen LogP contribution is -1.96. The molecule has 0 aliphatic carbocycles. The molecule has 1 aromatic rings. The van der Waals surface area contributed by atoms with E-state index in [2.05, 4.69) is 15.4 Å². The lowest BCUT2D eigenvalue weighted by atomic mass is 10.5. The van der Waals surface area contributed by atoms with Crippen LogP contribution >= 0.6 is 11.8 Å². The minimum absolute atomic E-state index is 0.114. The van der Waals surface area contributed by atoms with E-state index in [-0.39, 0.29) is 6.42 Å². The maximum absolute atomic E-state index is 10.1. The van der Waals surface area contributed by atoms with Gasteiger partial charge in [0, 0.05) is 5.75 Å². The second-order valence-electron chi connectivity index (χ2n) is 2.05. The molecule has 0 amide bonds. The first kappa shape index (κ1) is 8.98. The minimum atomic E-state index is -0.814. The smallest absolute Gasteiger partial charge is 0.304 e. The van der Waals surface area contributed by atoms with E-state index < -0.39 is 5.97 Å². The van der Waals surface area contributed by atoms with Crippen LogP contribution in [-0.4, -0.2) is 37.0 Å². The number of carboxylic acids is 1. The van der Waals surface area contributed by atoms with Crippen LogP contribution in [0.4, 0.5) is 0 Å². The summed E-state index contributed by atoms with van der Waals surface area (Å²) in [7, 11) is 1.66. The summed E-state index contributed by atoms with van der Waals surface area (Å²) in [6.45, 7) is 0. The molecule has 6 nitrogen and oxygen atoms in total. The first-order valence-corrected chi connectivity index (χ1v) is 4.25. The molecule has 0 saturated heterocycles. The molecule has 1 aromatic heterocycles. The highest BCUT2D eigenvalue weighted by Gasteiger charge is 2.02. The van der Waals surface area contributed by atoms with Gasteiger partial charge in [-0.1, -0.05) is 11.8 Å². The second kappa shape index (κ2) is 4.05. The summed E-state index contributed by atoms with van der Waals surface area (Å²) in [6, 6.07) is 0. The predicted octanol–water partition coefficient (Wildman–Crippen LogP) is -0.223. The van der Waals surface area contributed by atoms with Crippen molar-refractivity contribution in [1.82, 2.24) is 20.2 Å². The first-order chi connectivity index (χ1) is 5.68. The summed E-state index contributed by atoms with van der Waals surface area (Å²) < 4.78 is 0. The second-order valence-corrected chi connectivity index (χ2v) is 3.12. The summed E-state index contributed by atoms with van der Waals surface area (Å²) >= 11 is 1.28. The van der Waals surface area contributed by atoms with Crippen molar-refractivity contribution in [2.24, 2.45) is 7.05 Å². The van der Waals surface area contributed by atoms with Crippen molar-refractivity contribution in [2.75, 3.05) is 5.75 Å². The number of aromatic nitrogens is 4. The Kier molecular flexibility index (Phi) is 3.03. The van der Waals surface area contributed by atoms with Crippen LogP contribution in [0.25, 0.3) is 0 Å². The average molecular weight is 188 g/mol. The molecule has 12 heavy (non-hydrogen) atoms. The standard InChI is InChI=1S/C5H8N4O2S/c1-9-7-5(6-8-9)12-3-2-4(10)11/h2-3H2,1H3,(H,10,11). The molecule has 0 spiro atoms. The van der Waals surface area contributed by atoms with Gasteiger partial charge in [0.2, 0.25) is 5.16 Å². The normalized spacial score (nSPS) is 10.1. The number of carboxylic acid groups (broad SMARTS) is 1. The summed E-state index contributed by atoms with van der Waals surface area (Å²) in [5, 5.41) is 20.0. The molecule has 1 rings (SSSR count). The molecule has 66 valence electrons. The third-order valence-corrected chi connectivity index (χ3v) is 1.87. The minimum Gasteiger partial charge on any atom is -0.481 e. The number of aliphatic carboxylic acids is 1. The molecule has 7 heteroatoms. The largest absolute Gasteiger partial charge is 0.481 e. The average Bonchev–Trinajstić information content (AvgIpc) is 2.35. The van der Waals surface area contributed by atoms with Gasteiger partial charge in [-0.05, 0) is 5.21 Å². The Hall–Kier alpha value is -1.11. The molecule has 1 N–H and O–H groups in total. The summed E-state index contributed by atoms with van der Waals surface area (Å²) in [5.41, 5.74) is 0. The van der Waals surface area contributed by atoms with Crippen LogP contribution in [0.5, 0.6) is 0 Å². The van der Waals surface area contributed by atoms with Crippen LogP contribution in [-0.2, 0) is 11.8 Å². The summed E-state index contributed by atoms with van der Waals surface area (Å²) in [4.78, 5) is 11.5. The van der Waals surface area contributed by atoms with Crippen molar-refractivity contribution in [3.63, 3.8) is 0 Å². The zero-order chi connectivity index (χ0) is 8.97. The first-order valence-electron chi connectivity index (χ1n) is 3.27. The van der Waals surface area contributed by atoms with Gasteiger partial charge in [-0.15, -0.1) is 10.2 Å². The number of rotatable bonds is 4. The van der Waals surface area contributed by atoms with Gasteiger partial charge in [-0.3, -0.25) is 4.79 Å². The van der Waals surface area contributed by atoms with E-state index in [1.807, 2.05) is 0 Å². The molecule has 0 saturated carbocycles. The lowest BCUT2D eigenvalue weighted by Gasteiger charge is -1.90. The van der Waals surface area contributed by atoms with Crippen molar-refractivity contribution in [1.29, 1.82) is 0 Å². The Morgan fingerprint density at radius 1 is 1.75 bits per heavy atom. The van der Waals surface area contributed by atoms with Crippen LogP contribution in [0.1, 0.15) is 6.42 Å². The van der Waals surface area contributed by atoms with Crippen LogP contribution in [0.3, 0.4) is 0 Å². The molecule has 0 atom stereocenters. The Labute approximate surface area is 73.0 Å². The topological polar surface area (TPSA) is 80.9 Å². The van der Waals surface area contributed by atoms with Crippen molar-refractivity contribution < 1.29 is 9.90 Å². The van der Waals surface area contributed by atoms with Crippen LogP contribution < -0.4 is 0 Å². The molecule has 0 aliphatic heterocycles. The number of tetrazole rings is 1. The number of hydrogen-bond acceptors (Lipinski definition) is 5. The molecule has 0 radical (unpaired) electrons. The van der Waals surface area contributed by atoms with Crippen LogP contribution in [0.2, 0.25) is 0 Å². The van der Waals surface area contributed by atoms with Gasteiger partial charge in [0.15, 0.2) is 0 Å². The van der Waals surface area contributed by atoms with Crippen molar-refractivity contribution >= 4 is 17.7 Å². The molecule has 0 bridgehead atoms. The number of carbonyl (C=O) groups is 1. The number of thioether (sulfide) groups is 1. The quantitative estimate of drug-likeness (QED) is 0.658. The van der Waals surface area contributed by atoms with E-state index in [0.717, 1.165) is 0 Å². The predicted molar refractivity (Wildman–Crippen MR) is 41.8 cm³/mol. The van der Waals surface area contributed by atoms with Gasteiger partial charge in [0.1, 0.15) is 0 Å². The highest BCUT2D eigenvalue weighted by Crippen LogP contribution is 2.10. The van der Waals surface area contributed by atoms with Crippen LogP contribution in [0.15, 0.2) is 5.16 Å². The number of aryl methyl sites for hydroxylation is 1. The fourth-order valence-electron chi connectivity index (χ4n) is 0.554. The molecular weight excluding hydrogens is 180 g/mol. The van der Waals surface area contributed by atoms with E-state index >= 15 is 0 Å². The maximum Gasteiger partial charge on any atom is 0.304 e. The Morgan fingerprint density at radius 3 is 3.00 bits per heavy atom. The molecule has 1 heterocycles. The van der Waals surface area contributed by atoms with E-state index in [4.69, 9.17) is 5.11 Å². The van der Waals surface area contributed by atoms with Gasteiger partial charge in [0.05, 0.1) is 13.5 Å². The number of nitrogens with zero attached hydrogens (tertiary/aromatic N) is 4. The highest BCUT2D eigenvalue weighted by molar-refractivity contribution is 7.99. The van der Waals surface area contributed by atoms with Gasteiger partial charge >= 0.3 is 5.97 Å². The maximum atomic E-state index is 10.1. The fraction of sp³-hybridized carbons (Fsp3) is 0.600. The van der Waals surface area contributed by atoms with Gasteiger partial charge in [-0.25, -0.2) is 0 Å². The van der Waals surface area contributed by atoms with Gasteiger partial charge in [-0.2, -0.15) is 4.80 Å². The van der Waals surface area contributed by atoms with Crippen LogP contribution in [0, 0.1) is 0 Å². The summed E-state index contributed by atoms with van der Waals surface area (Å²) in [6.07, 6.45) is 0.114. The molecule has 0 aliphatic rings. The van der Waals surface area contributed by atoms with Crippen molar-refractivity contribution in [2.45, 2.75) is 11.6 Å². The molecule has 0 fully saturated rings. The van der Waals surface area contributed by atoms with Gasteiger partial charge < -0.3 is 5.11 Å². The Morgan fingerprint density at radius 2 is 2.50 bits per heavy atom. The molecule has 0 unspecified atom stereocenters. The van der Waals surface area contributed by atoms with Crippen molar-refractivity contribution in [3.05, 3.63) is 0 Å². The van der Waals surface area contributed by atoms with E-state index in [1.54, 1.807) is 7.05 Å². The van der Waals surface area contributed by atoms with E-state index in [0.29, 0.717) is 10.9 Å². The SMILES string of the molecule is Cn1nnc(SCCC(=O)O)n1. The van der Waals surface area contributed by atoms with Crippen molar-refractivity contribution in [3.8, 4) is 0 Å². The fourth-order valence-corrected chi connectivity index (χ4v) is 1.28. The monoisotopic (exact) mass is 188 g/mol. The van der Waals surface area contributed by atoms with E-state index in [1.165, 1.54) is 16.6 Å². The zero-order valence-electron chi connectivity index (χ0n) is 6.47. The van der Waals surface area contributed by atoms with E-state index in [9.17, 15) is 4.79 Å². The molecular formula is C5H8N4O2S. The number of hydrogen-bond donors (Lipinski definition) is 1. The third kappa shape index (κ3) is 2.87. The third-order valence-electron chi connectivity index (χ3n) is 1.04. The highest BCUT2D eigenvalue weighted by atomic mass is 32.2. The zero-order valence-corrected chi connectivity index (χ0v) is 7.28. The lowest BCUT2D eigenvalue weighted by molar-refractivity contribution is -0.136. The molecule has 0 aromatic carbocycles.